The molecular formula is C26H22FeO7S2. The van der Waals surface area contributed by atoms with Crippen LogP contribution in [0, 0.1) is 20.0 Å². The van der Waals surface area contributed by atoms with E-state index >= 15 is 0 Å². The van der Waals surface area contributed by atoms with E-state index in [0.29, 0.717) is 23.3 Å². The van der Waals surface area contributed by atoms with Gasteiger partial charge in [0.1, 0.15) is 0 Å². The van der Waals surface area contributed by atoms with Crippen molar-refractivity contribution >= 4 is 39.7 Å². The van der Waals surface area contributed by atoms with E-state index in [4.69, 9.17) is 14.0 Å². The van der Waals surface area contributed by atoms with Gasteiger partial charge in [-0.15, -0.1) is 0 Å². The molecule has 0 heterocycles. The van der Waals surface area contributed by atoms with E-state index in [2.05, 4.69) is 24.7 Å². The molecule has 0 bridgehead atoms. The molecule has 0 aliphatic rings. The molecule has 2 aromatic carbocycles. The van der Waals surface area contributed by atoms with Gasteiger partial charge in [-0.25, -0.2) is 4.79 Å². The minimum absolute atomic E-state index is 0. The number of rotatable bonds is 9. The van der Waals surface area contributed by atoms with E-state index in [9.17, 15) is 14.4 Å². The largest absolute Gasteiger partial charge is 0 e. The third-order valence-electron chi connectivity index (χ3n) is 3.78. The van der Waals surface area contributed by atoms with Crippen LogP contribution in [0.4, 0.5) is 0 Å². The number of allylic oxidation sites excluding steroid dienone is 2. The summed E-state index contributed by atoms with van der Waals surface area (Å²) in [6, 6.07) is 18.2. The number of methoxy groups -OCH3 is 1. The molecule has 7 nitrogen and oxygen atoms in total. The monoisotopic (exact) mass is 566 g/mol. The Bertz CT molecular complexity index is 987. The van der Waals surface area contributed by atoms with Gasteiger partial charge >= 0.3 is 39.9 Å². The molecule has 0 aromatic heterocycles. The van der Waals surface area contributed by atoms with Crippen LogP contribution in [0.1, 0.15) is 27.1 Å². The predicted octanol–water partition coefficient (Wildman–Crippen LogP) is 5.06. The van der Waals surface area contributed by atoms with Crippen molar-refractivity contribution in [1.82, 2.24) is 0 Å². The molecule has 2 aromatic rings. The molecule has 1 unspecified atom stereocenters. The van der Waals surface area contributed by atoms with Crippen molar-refractivity contribution in [2.24, 2.45) is 0 Å². The second-order valence-electron chi connectivity index (χ2n) is 5.87. The number of benzene rings is 2. The fourth-order valence-corrected chi connectivity index (χ4v) is 4.25. The number of ether oxygens (including phenoxy) is 1. The second-order valence-corrected chi connectivity index (χ2v) is 8.15. The maximum absolute atomic E-state index is 12.5. The Hall–Kier alpha value is -2.83. The van der Waals surface area contributed by atoms with Crippen molar-refractivity contribution in [3.05, 3.63) is 116 Å². The summed E-state index contributed by atoms with van der Waals surface area (Å²) in [6.45, 7) is 13.5. The van der Waals surface area contributed by atoms with Crippen LogP contribution < -0.4 is 0 Å². The molecular weight excluding hydrogens is 544 g/mol. The van der Waals surface area contributed by atoms with Gasteiger partial charge in [-0.3, -0.25) is 9.59 Å². The maximum atomic E-state index is 12.5. The SMILES string of the molecule is COC(=O)/C=C/C=C/C(CCSC(=O)c1ccccc1)SC(=O)c1ccccc1.[C-]#[O+].[C-]#[O+].[C-]#[O+].[Fe]. The van der Waals surface area contributed by atoms with Crippen LogP contribution in [-0.4, -0.2) is 34.3 Å². The standard InChI is InChI=1S/C23H22O4S2.3CO.Fe/c1-27-21(24)15-9-8-14-20(29-23(26)19-12-6-3-7-13-19)16-17-28-22(25)18-10-4-2-5-11-18;3*1-2;/h2-15,20H,16-17H2,1H3;;;;/b14-8+,15-9+;;;;. The van der Waals surface area contributed by atoms with Gasteiger partial charge in [0.15, 0.2) is 0 Å². The third-order valence-corrected chi connectivity index (χ3v) is 5.87. The average Bonchev–Trinajstić information content (AvgIpc) is 2.94. The number of hydrogen-bond acceptors (Lipinski definition) is 6. The van der Waals surface area contributed by atoms with E-state index < -0.39 is 5.97 Å². The summed E-state index contributed by atoms with van der Waals surface area (Å²) < 4.78 is 27.1. The summed E-state index contributed by atoms with van der Waals surface area (Å²) in [5, 5.41) is -0.143. The van der Waals surface area contributed by atoms with Crippen LogP contribution in [0.3, 0.4) is 0 Å². The Balaban J connectivity index is -0.00000144. The van der Waals surface area contributed by atoms with Crippen molar-refractivity contribution in [2.45, 2.75) is 11.7 Å². The summed E-state index contributed by atoms with van der Waals surface area (Å²) in [5.41, 5.74) is 1.30. The molecule has 0 amide bonds. The Morgan fingerprint density at radius 1 is 0.833 bits per heavy atom. The Morgan fingerprint density at radius 3 is 1.78 bits per heavy atom. The summed E-state index contributed by atoms with van der Waals surface area (Å²) in [5.74, 6) is 0.140. The molecule has 0 radical (unpaired) electrons. The molecule has 0 saturated carbocycles. The Morgan fingerprint density at radius 2 is 1.31 bits per heavy atom. The quantitative estimate of drug-likeness (QED) is 0.105. The Labute approximate surface area is 229 Å². The summed E-state index contributed by atoms with van der Waals surface area (Å²) >= 11 is 2.45. The van der Waals surface area contributed by atoms with Crippen molar-refractivity contribution in [2.75, 3.05) is 12.9 Å². The Kier molecular flexibility index (Phi) is 28.0. The molecule has 36 heavy (non-hydrogen) atoms. The molecule has 0 aliphatic heterocycles. The van der Waals surface area contributed by atoms with Gasteiger partial charge in [-0.1, -0.05) is 102 Å². The number of carbonyl (C=O) groups is 3. The van der Waals surface area contributed by atoms with Gasteiger partial charge < -0.3 is 4.74 Å². The van der Waals surface area contributed by atoms with E-state index in [1.165, 1.54) is 36.7 Å². The zero-order valence-corrected chi connectivity index (χ0v) is 21.8. The molecule has 0 aliphatic carbocycles. The van der Waals surface area contributed by atoms with E-state index in [0.717, 1.165) is 0 Å². The molecule has 0 fully saturated rings. The van der Waals surface area contributed by atoms with Gasteiger partial charge in [0, 0.05) is 45.3 Å². The van der Waals surface area contributed by atoms with Crippen LogP contribution in [0.2, 0.25) is 0 Å². The van der Waals surface area contributed by atoms with E-state index in [1.807, 2.05) is 42.5 Å². The summed E-state index contributed by atoms with van der Waals surface area (Å²) in [6.07, 6.45) is 7.10. The summed E-state index contributed by atoms with van der Waals surface area (Å²) in [7, 11) is 1.31. The van der Waals surface area contributed by atoms with Gasteiger partial charge in [0.05, 0.1) is 7.11 Å². The average molecular weight is 566 g/mol. The molecule has 2 rings (SSSR count). The van der Waals surface area contributed by atoms with E-state index in [-0.39, 0.29) is 32.5 Å². The summed E-state index contributed by atoms with van der Waals surface area (Å²) in [4.78, 5) is 35.9. The molecule has 10 heteroatoms. The van der Waals surface area contributed by atoms with Gasteiger partial charge in [-0.2, -0.15) is 0 Å². The number of esters is 1. The molecule has 188 valence electrons. The van der Waals surface area contributed by atoms with E-state index in [1.54, 1.807) is 36.4 Å². The van der Waals surface area contributed by atoms with Gasteiger partial charge in [-0.05, 0) is 6.42 Å². The minimum Gasteiger partial charge on any atom is 0 e. The normalized spacial score (nSPS) is 9.97. The number of hydrogen-bond donors (Lipinski definition) is 0. The maximum Gasteiger partial charge on any atom is 0 e. The zero-order valence-electron chi connectivity index (χ0n) is 19.1. The van der Waals surface area contributed by atoms with Crippen molar-refractivity contribution in [1.29, 1.82) is 0 Å². The third kappa shape index (κ3) is 17.6. The predicted molar refractivity (Wildman–Crippen MR) is 132 cm³/mol. The number of carbonyl (C=O) groups excluding carboxylic acids is 3. The fraction of sp³-hybridized carbons (Fsp3) is 0.154. The molecule has 0 saturated heterocycles. The topological polar surface area (TPSA) is 120 Å². The van der Waals surface area contributed by atoms with Crippen LogP contribution >= 0.6 is 23.5 Å². The van der Waals surface area contributed by atoms with Gasteiger partial charge in [0.25, 0.3) is 0 Å². The smallest absolute Gasteiger partial charge is 0 e. The van der Waals surface area contributed by atoms with Crippen LogP contribution in [0.25, 0.3) is 0 Å². The van der Waals surface area contributed by atoms with Crippen molar-refractivity contribution in [3.8, 4) is 0 Å². The molecule has 0 N–H and O–H groups in total. The fourth-order valence-electron chi connectivity index (χ4n) is 2.29. The van der Waals surface area contributed by atoms with Crippen molar-refractivity contribution in [3.63, 3.8) is 0 Å². The first-order chi connectivity index (χ1) is 17.1. The first kappa shape index (κ1) is 37.7. The first-order valence-corrected chi connectivity index (χ1v) is 11.5. The zero-order chi connectivity index (χ0) is 26.9. The second kappa shape index (κ2) is 26.8. The first-order valence-electron chi connectivity index (χ1n) is 9.62. The van der Waals surface area contributed by atoms with Crippen molar-refractivity contribution < 1.29 is 50.1 Å². The number of thioether (sulfide) groups is 2. The van der Waals surface area contributed by atoms with Crippen LogP contribution in [0.5, 0.6) is 0 Å². The van der Waals surface area contributed by atoms with Crippen LogP contribution in [0.15, 0.2) is 85.0 Å². The molecule has 1 atom stereocenters. The van der Waals surface area contributed by atoms with Crippen LogP contribution in [-0.2, 0) is 40.6 Å². The minimum atomic E-state index is -0.441. The molecule has 0 spiro atoms. The van der Waals surface area contributed by atoms with Gasteiger partial charge in [0.2, 0.25) is 10.2 Å².